The lowest BCUT2D eigenvalue weighted by molar-refractivity contribution is -0.0605. The SMILES string of the molecule is Cc1nnc(-c2c(CCc3ccc(F)cc3)nc3c(c2-c2cc4ccnc(NCc5ccc(F)c(F)c5)c4s2)C(=O)N2CCC[C@@]32O)o1. The number of hydrogen-bond donors (Lipinski definition) is 2. The van der Waals surface area contributed by atoms with Gasteiger partial charge in [-0.25, -0.2) is 18.2 Å². The molecular formula is C35H27F3N6O3S. The summed E-state index contributed by atoms with van der Waals surface area (Å²) < 4.78 is 47.8. The molecule has 2 aliphatic rings. The number of carbonyl (C=O) groups excluding carboxylic acids is 1. The first-order valence-electron chi connectivity index (χ1n) is 15.4. The first kappa shape index (κ1) is 30.2. The van der Waals surface area contributed by atoms with Crippen LogP contribution in [0.4, 0.5) is 19.0 Å². The van der Waals surface area contributed by atoms with E-state index in [-0.39, 0.29) is 29.7 Å². The van der Waals surface area contributed by atoms with Gasteiger partial charge in [-0.1, -0.05) is 18.2 Å². The Morgan fingerprint density at radius 3 is 2.56 bits per heavy atom. The standard InChI is InChI=1S/C35H27F3N6O3S/c1-18-42-43-33(47-18)27-25(10-6-19-3-7-22(36)8-4-19)41-31-29(34(45)44-14-2-12-35(31,44)46)28(27)26-16-21-11-13-39-32(30(21)48-26)40-17-20-5-9-23(37)24(38)15-20/h3-5,7-9,11,13,15-16,46H,2,6,10,12,14,17H2,1H3,(H,39,40)/t35-/m1/s1. The zero-order valence-electron chi connectivity index (χ0n) is 25.6. The van der Waals surface area contributed by atoms with E-state index >= 15 is 0 Å². The van der Waals surface area contributed by atoms with Crippen molar-refractivity contribution >= 4 is 33.1 Å². The number of halogens is 3. The van der Waals surface area contributed by atoms with Crippen molar-refractivity contribution in [2.45, 2.75) is 44.9 Å². The second-order valence-electron chi connectivity index (χ2n) is 12.0. The second-order valence-corrected chi connectivity index (χ2v) is 13.0. The van der Waals surface area contributed by atoms with Crippen LogP contribution in [-0.2, 0) is 25.1 Å². The fraction of sp³-hybridized carbons (Fsp3) is 0.229. The molecule has 9 nitrogen and oxygen atoms in total. The van der Waals surface area contributed by atoms with E-state index in [0.717, 1.165) is 27.8 Å². The Kier molecular flexibility index (Phi) is 7.26. The molecule has 2 aliphatic heterocycles. The van der Waals surface area contributed by atoms with E-state index in [1.54, 1.807) is 25.3 Å². The molecule has 4 aromatic heterocycles. The van der Waals surface area contributed by atoms with Gasteiger partial charge in [-0.2, -0.15) is 0 Å². The molecule has 242 valence electrons. The van der Waals surface area contributed by atoms with Gasteiger partial charge in [0.15, 0.2) is 17.4 Å². The molecule has 1 amide bonds. The van der Waals surface area contributed by atoms with Crippen molar-refractivity contribution in [3.8, 4) is 21.9 Å². The highest BCUT2D eigenvalue weighted by molar-refractivity contribution is 7.23. The maximum Gasteiger partial charge on any atom is 0.259 e. The Balaban J connectivity index is 1.30. The second kappa shape index (κ2) is 11.5. The molecule has 13 heteroatoms. The molecule has 0 radical (unpaired) electrons. The predicted octanol–water partition coefficient (Wildman–Crippen LogP) is 6.93. The van der Waals surface area contributed by atoms with Gasteiger partial charge in [-0.3, -0.25) is 9.78 Å². The van der Waals surface area contributed by atoms with Gasteiger partial charge in [0.05, 0.1) is 21.5 Å². The number of thiophene rings is 1. The van der Waals surface area contributed by atoms with Gasteiger partial charge in [0.2, 0.25) is 11.8 Å². The van der Waals surface area contributed by atoms with Gasteiger partial charge >= 0.3 is 0 Å². The van der Waals surface area contributed by atoms with Gasteiger partial charge in [0, 0.05) is 43.1 Å². The van der Waals surface area contributed by atoms with Gasteiger partial charge in [0.1, 0.15) is 17.3 Å². The molecule has 0 spiro atoms. The van der Waals surface area contributed by atoms with Crippen LogP contribution in [0.5, 0.6) is 0 Å². The molecule has 6 heterocycles. The fourth-order valence-electron chi connectivity index (χ4n) is 6.60. The Labute approximate surface area is 276 Å². The zero-order chi connectivity index (χ0) is 33.2. The number of hydrogen-bond acceptors (Lipinski definition) is 9. The molecule has 1 saturated heterocycles. The Morgan fingerprint density at radius 2 is 1.79 bits per heavy atom. The summed E-state index contributed by atoms with van der Waals surface area (Å²) in [5.74, 6) is -1.48. The molecule has 0 bridgehead atoms. The third-order valence-electron chi connectivity index (χ3n) is 8.89. The summed E-state index contributed by atoms with van der Waals surface area (Å²) in [6, 6.07) is 13.7. The lowest BCUT2D eigenvalue weighted by atomic mass is 9.92. The van der Waals surface area contributed by atoms with Gasteiger partial charge < -0.3 is 19.7 Å². The molecular weight excluding hydrogens is 641 g/mol. The summed E-state index contributed by atoms with van der Waals surface area (Å²) in [5.41, 5.74) is 2.02. The van der Waals surface area contributed by atoms with Crippen molar-refractivity contribution in [2.75, 3.05) is 11.9 Å². The van der Waals surface area contributed by atoms with Crippen LogP contribution in [-0.4, -0.2) is 42.6 Å². The maximum atomic E-state index is 14.1. The van der Waals surface area contributed by atoms with Crippen LogP contribution in [0, 0.1) is 24.4 Å². The summed E-state index contributed by atoms with van der Waals surface area (Å²) >= 11 is 1.38. The van der Waals surface area contributed by atoms with Crippen molar-refractivity contribution in [1.82, 2.24) is 25.1 Å². The van der Waals surface area contributed by atoms with Gasteiger partial charge in [-0.05, 0) is 72.2 Å². The number of nitrogens with one attached hydrogen (secondary N) is 1. The summed E-state index contributed by atoms with van der Waals surface area (Å²) in [5, 5.41) is 24.4. The fourth-order valence-corrected chi connectivity index (χ4v) is 7.78. The third-order valence-corrected chi connectivity index (χ3v) is 10.1. The van der Waals surface area contributed by atoms with Crippen molar-refractivity contribution in [1.29, 1.82) is 0 Å². The average Bonchev–Trinajstić information content (AvgIpc) is 3.85. The number of nitrogens with zero attached hydrogens (tertiary/aromatic N) is 5. The number of aryl methyl sites for hydroxylation is 3. The molecule has 0 aliphatic carbocycles. The van der Waals surface area contributed by atoms with E-state index in [0.29, 0.717) is 76.9 Å². The Bertz CT molecular complexity index is 2240. The van der Waals surface area contributed by atoms with E-state index in [1.165, 1.54) is 34.4 Å². The minimum atomic E-state index is -1.55. The topological polar surface area (TPSA) is 117 Å². The van der Waals surface area contributed by atoms with Crippen molar-refractivity contribution < 1.29 is 27.5 Å². The van der Waals surface area contributed by atoms with Gasteiger partial charge in [-0.15, -0.1) is 21.5 Å². The molecule has 6 aromatic rings. The summed E-state index contributed by atoms with van der Waals surface area (Å²) in [4.78, 5) is 25.8. The first-order valence-corrected chi connectivity index (χ1v) is 16.2. The van der Waals surface area contributed by atoms with E-state index in [1.807, 2.05) is 12.1 Å². The number of fused-ring (bicyclic) bond motifs is 4. The number of rotatable bonds is 8. The number of anilines is 1. The highest BCUT2D eigenvalue weighted by Crippen LogP contribution is 2.51. The highest BCUT2D eigenvalue weighted by atomic mass is 32.1. The third kappa shape index (κ3) is 5.01. The van der Waals surface area contributed by atoms with Crippen LogP contribution < -0.4 is 5.32 Å². The lowest BCUT2D eigenvalue weighted by Gasteiger charge is -2.25. The monoisotopic (exact) mass is 668 g/mol. The quantitative estimate of drug-likeness (QED) is 0.180. The minimum absolute atomic E-state index is 0.186. The number of aliphatic hydroxyl groups is 1. The van der Waals surface area contributed by atoms with Gasteiger partial charge in [0.25, 0.3) is 5.91 Å². The van der Waals surface area contributed by atoms with E-state index in [9.17, 15) is 23.1 Å². The van der Waals surface area contributed by atoms with Crippen LogP contribution in [0.25, 0.3) is 32.0 Å². The van der Waals surface area contributed by atoms with E-state index in [2.05, 4.69) is 20.5 Å². The van der Waals surface area contributed by atoms with Crippen LogP contribution in [0.1, 0.15) is 51.6 Å². The molecule has 48 heavy (non-hydrogen) atoms. The molecule has 0 saturated carbocycles. The van der Waals surface area contributed by atoms with Crippen molar-refractivity contribution in [3.63, 3.8) is 0 Å². The Morgan fingerprint density at radius 1 is 0.979 bits per heavy atom. The smallest absolute Gasteiger partial charge is 0.259 e. The van der Waals surface area contributed by atoms with E-state index in [4.69, 9.17) is 9.40 Å². The summed E-state index contributed by atoms with van der Waals surface area (Å²) in [6.07, 6.45) is 3.50. The largest absolute Gasteiger partial charge is 0.421 e. The number of aromatic nitrogens is 4. The lowest BCUT2D eigenvalue weighted by Crippen LogP contribution is -2.38. The van der Waals surface area contributed by atoms with Crippen LogP contribution in [0.3, 0.4) is 0 Å². The summed E-state index contributed by atoms with van der Waals surface area (Å²) in [6.45, 7) is 2.26. The average molecular weight is 669 g/mol. The van der Waals surface area contributed by atoms with Crippen molar-refractivity contribution in [3.05, 3.63) is 112 Å². The molecule has 2 N–H and O–H groups in total. The summed E-state index contributed by atoms with van der Waals surface area (Å²) in [7, 11) is 0. The normalized spacial score (nSPS) is 16.9. The minimum Gasteiger partial charge on any atom is -0.421 e. The first-order chi connectivity index (χ1) is 23.2. The number of pyridine rings is 2. The molecule has 1 fully saturated rings. The highest BCUT2D eigenvalue weighted by Gasteiger charge is 2.54. The van der Waals surface area contributed by atoms with Crippen LogP contribution in [0.15, 0.2) is 65.2 Å². The predicted molar refractivity (Wildman–Crippen MR) is 173 cm³/mol. The molecule has 0 unspecified atom stereocenters. The van der Waals surface area contributed by atoms with Crippen molar-refractivity contribution in [2.24, 2.45) is 0 Å². The molecule has 1 atom stereocenters. The Hall–Kier alpha value is -5.14. The van der Waals surface area contributed by atoms with E-state index < -0.39 is 17.4 Å². The number of amides is 1. The number of carbonyl (C=O) groups is 1. The maximum absolute atomic E-state index is 14.1. The zero-order valence-corrected chi connectivity index (χ0v) is 26.4. The molecule has 8 rings (SSSR count). The molecule has 2 aromatic carbocycles. The van der Waals surface area contributed by atoms with Crippen LogP contribution >= 0.6 is 11.3 Å². The number of benzene rings is 2. The van der Waals surface area contributed by atoms with Crippen LogP contribution in [0.2, 0.25) is 0 Å².